The van der Waals surface area contributed by atoms with E-state index in [1.54, 1.807) is 7.11 Å². The molecule has 0 atom stereocenters. The van der Waals surface area contributed by atoms with Gasteiger partial charge in [0, 0.05) is 5.69 Å². The SMILES string of the molecule is COc1c(NN)ncnc1Nc1ccccc1C(C)C. The number of aromatic nitrogens is 2. The Labute approximate surface area is 118 Å². The van der Waals surface area contributed by atoms with Crippen LogP contribution in [0.2, 0.25) is 0 Å². The highest BCUT2D eigenvalue weighted by Gasteiger charge is 2.13. The molecule has 4 N–H and O–H groups in total. The van der Waals surface area contributed by atoms with E-state index < -0.39 is 0 Å². The van der Waals surface area contributed by atoms with Crippen LogP contribution < -0.4 is 21.3 Å². The van der Waals surface area contributed by atoms with Gasteiger partial charge in [0.25, 0.3) is 0 Å². The van der Waals surface area contributed by atoms with Crippen LogP contribution >= 0.6 is 0 Å². The quantitative estimate of drug-likeness (QED) is 0.573. The molecule has 1 aromatic carbocycles. The van der Waals surface area contributed by atoms with Gasteiger partial charge in [-0.3, -0.25) is 0 Å². The topological polar surface area (TPSA) is 85.1 Å². The molecule has 0 saturated heterocycles. The second-order valence-corrected chi connectivity index (χ2v) is 4.62. The van der Waals surface area contributed by atoms with Gasteiger partial charge in [-0.15, -0.1) is 0 Å². The van der Waals surface area contributed by atoms with Crippen molar-refractivity contribution in [1.29, 1.82) is 0 Å². The average Bonchev–Trinajstić information content (AvgIpc) is 2.47. The Morgan fingerprint density at radius 3 is 2.50 bits per heavy atom. The van der Waals surface area contributed by atoms with Crippen molar-refractivity contribution in [2.24, 2.45) is 5.84 Å². The first-order valence-electron chi connectivity index (χ1n) is 6.39. The molecule has 2 rings (SSSR count). The van der Waals surface area contributed by atoms with E-state index in [9.17, 15) is 0 Å². The van der Waals surface area contributed by atoms with Crippen LogP contribution in [0.3, 0.4) is 0 Å². The monoisotopic (exact) mass is 273 g/mol. The second kappa shape index (κ2) is 6.21. The van der Waals surface area contributed by atoms with Crippen molar-refractivity contribution in [2.75, 3.05) is 17.9 Å². The Hall–Kier alpha value is -2.34. The number of nitrogens with two attached hydrogens (primary N) is 1. The van der Waals surface area contributed by atoms with Crippen molar-refractivity contribution < 1.29 is 4.74 Å². The first-order chi connectivity index (χ1) is 9.67. The van der Waals surface area contributed by atoms with Crippen molar-refractivity contribution in [1.82, 2.24) is 9.97 Å². The number of benzene rings is 1. The van der Waals surface area contributed by atoms with Gasteiger partial charge in [0.15, 0.2) is 11.6 Å². The van der Waals surface area contributed by atoms with Crippen LogP contribution in [0.5, 0.6) is 5.75 Å². The molecule has 0 unspecified atom stereocenters. The van der Waals surface area contributed by atoms with E-state index in [1.165, 1.54) is 11.9 Å². The van der Waals surface area contributed by atoms with E-state index in [4.69, 9.17) is 10.6 Å². The van der Waals surface area contributed by atoms with Crippen LogP contribution in [-0.4, -0.2) is 17.1 Å². The number of anilines is 3. The molecule has 6 nitrogen and oxygen atoms in total. The van der Waals surface area contributed by atoms with Crippen molar-refractivity contribution in [3.63, 3.8) is 0 Å². The zero-order valence-corrected chi connectivity index (χ0v) is 11.8. The summed E-state index contributed by atoms with van der Waals surface area (Å²) in [6, 6.07) is 8.09. The molecular weight excluding hydrogens is 254 g/mol. The van der Waals surface area contributed by atoms with E-state index in [-0.39, 0.29) is 0 Å². The van der Waals surface area contributed by atoms with Gasteiger partial charge in [-0.25, -0.2) is 15.8 Å². The maximum absolute atomic E-state index is 5.42. The lowest BCUT2D eigenvalue weighted by Crippen LogP contribution is -2.12. The first kappa shape index (κ1) is 14.1. The van der Waals surface area contributed by atoms with Crippen LogP contribution in [0.25, 0.3) is 0 Å². The van der Waals surface area contributed by atoms with Crippen molar-refractivity contribution in [3.8, 4) is 5.75 Å². The summed E-state index contributed by atoms with van der Waals surface area (Å²) in [5, 5.41) is 3.28. The molecule has 0 saturated carbocycles. The number of rotatable bonds is 5. The van der Waals surface area contributed by atoms with E-state index in [1.807, 2.05) is 18.2 Å². The second-order valence-electron chi connectivity index (χ2n) is 4.62. The fourth-order valence-electron chi connectivity index (χ4n) is 2.00. The highest BCUT2D eigenvalue weighted by Crippen LogP contribution is 2.33. The van der Waals surface area contributed by atoms with Crippen molar-refractivity contribution >= 4 is 17.3 Å². The Bertz CT molecular complexity index is 586. The predicted molar refractivity (Wildman–Crippen MR) is 80.2 cm³/mol. The van der Waals surface area contributed by atoms with E-state index >= 15 is 0 Å². The lowest BCUT2D eigenvalue weighted by molar-refractivity contribution is 0.415. The third-order valence-electron chi connectivity index (χ3n) is 2.98. The molecule has 0 aliphatic heterocycles. The Balaban J connectivity index is 2.40. The molecule has 20 heavy (non-hydrogen) atoms. The third kappa shape index (κ3) is 2.80. The molecule has 0 aliphatic carbocycles. The minimum Gasteiger partial charge on any atom is -0.490 e. The Morgan fingerprint density at radius 2 is 1.85 bits per heavy atom. The largest absolute Gasteiger partial charge is 0.490 e. The Morgan fingerprint density at radius 1 is 1.15 bits per heavy atom. The molecule has 0 aliphatic rings. The fraction of sp³-hybridized carbons (Fsp3) is 0.286. The average molecular weight is 273 g/mol. The standard InChI is InChI=1S/C14H19N5O/c1-9(2)10-6-4-5-7-11(10)18-13-12(20-3)14(19-15)17-8-16-13/h4-9H,15H2,1-3H3,(H2,16,17,18,19). The minimum absolute atomic E-state index is 0.402. The number of nitrogens with one attached hydrogen (secondary N) is 2. The van der Waals surface area contributed by atoms with Crippen LogP contribution in [0, 0.1) is 0 Å². The van der Waals surface area contributed by atoms with Gasteiger partial charge in [0.05, 0.1) is 7.11 Å². The van der Waals surface area contributed by atoms with Crippen molar-refractivity contribution in [3.05, 3.63) is 36.2 Å². The molecule has 0 fully saturated rings. The smallest absolute Gasteiger partial charge is 0.205 e. The molecule has 0 radical (unpaired) electrons. The van der Waals surface area contributed by atoms with Gasteiger partial charge in [-0.2, -0.15) is 0 Å². The minimum atomic E-state index is 0.402. The summed E-state index contributed by atoms with van der Waals surface area (Å²) in [7, 11) is 1.55. The molecule has 106 valence electrons. The summed E-state index contributed by atoms with van der Waals surface area (Å²) in [6.45, 7) is 4.29. The fourth-order valence-corrected chi connectivity index (χ4v) is 2.00. The molecule has 1 aromatic heterocycles. The number of para-hydroxylation sites is 1. The van der Waals surface area contributed by atoms with Gasteiger partial charge >= 0.3 is 0 Å². The number of ether oxygens (including phenoxy) is 1. The number of nitrogens with zero attached hydrogens (tertiary/aromatic N) is 2. The maximum Gasteiger partial charge on any atom is 0.205 e. The number of hydrazine groups is 1. The third-order valence-corrected chi connectivity index (χ3v) is 2.98. The molecule has 0 bridgehead atoms. The highest BCUT2D eigenvalue weighted by molar-refractivity contribution is 5.70. The summed E-state index contributed by atoms with van der Waals surface area (Å²) < 4.78 is 5.31. The van der Waals surface area contributed by atoms with Crippen LogP contribution in [0.4, 0.5) is 17.3 Å². The number of hydrogen-bond acceptors (Lipinski definition) is 6. The molecular formula is C14H19N5O. The summed E-state index contributed by atoms with van der Waals surface area (Å²) in [6.07, 6.45) is 1.43. The van der Waals surface area contributed by atoms with Crippen molar-refractivity contribution in [2.45, 2.75) is 19.8 Å². The normalized spacial score (nSPS) is 10.4. The van der Waals surface area contributed by atoms with E-state index in [2.05, 4.69) is 40.6 Å². The molecule has 1 heterocycles. The van der Waals surface area contributed by atoms with E-state index in [0.29, 0.717) is 23.3 Å². The number of hydrogen-bond donors (Lipinski definition) is 3. The lowest BCUT2D eigenvalue weighted by atomic mass is 10.0. The zero-order valence-electron chi connectivity index (χ0n) is 11.8. The van der Waals surface area contributed by atoms with E-state index in [0.717, 1.165) is 5.69 Å². The van der Waals surface area contributed by atoms with Crippen LogP contribution in [0.15, 0.2) is 30.6 Å². The molecule has 6 heteroatoms. The molecule has 2 aromatic rings. The number of nitrogen functional groups attached to an aromatic ring is 1. The van der Waals surface area contributed by atoms with Gasteiger partial charge in [0.2, 0.25) is 5.75 Å². The van der Waals surface area contributed by atoms with Crippen LogP contribution in [-0.2, 0) is 0 Å². The summed E-state index contributed by atoms with van der Waals surface area (Å²) >= 11 is 0. The predicted octanol–water partition coefficient (Wildman–Crippen LogP) is 2.64. The van der Waals surface area contributed by atoms with Gasteiger partial charge in [0.1, 0.15) is 6.33 Å². The summed E-state index contributed by atoms with van der Waals surface area (Å²) in [5.41, 5.74) is 4.69. The van der Waals surface area contributed by atoms with Gasteiger partial charge in [-0.05, 0) is 17.5 Å². The first-order valence-corrected chi connectivity index (χ1v) is 6.39. The van der Waals surface area contributed by atoms with Gasteiger partial charge < -0.3 is 15.5 Å². The molecule has 0 spiro atoms. The van der Waals surface area contributed by atoms with Crippen LogP contribution in [0.1, 0.15) is 25.3 Å². The zero-order chi connectivity index (χ0) is 14.5. The maximum atomic E-state index is 5.42. The van der Waals surface area contributed by atoms with Gasteiger partial charge in [-0.1, -0.05) is 32.0 Å². The number of methoxy groups -OCH3 is 1. The molecule has 0 amide bonds. The Kier molecular flexibility index (Phi) is 4.37. The lowest BCUT2D eigenvalue weighted by Gasteiger charge is -2.16. The highest BCUT2D eigenvalue weighted by atomic mass is 16.5. The summed E-state index contributed by atoms with van der Waals surface area (Å²) in [5.74, 6) is 7.31. The summed E-state index contributed by atoms with van der Waals surface area (Å²) in [4.78, 5) is 8.23.